The molecule has 0 unspecified atom stereocenters. The van der Waals surface area contributed by atoms with Crippen LogP contribution in [-0.4, -0.2) is 30.9 Å². The molecular weight excluding hydrogens is 318 g/mol. The molecular formula is C17H17N7O. The van der Waals surface area contributed by atoms with Crippen LogP contribution in [0.1, 0.15) is 11.1 Å². The van der Waals surface area contributed by atoms with Gasteiger partial charge in [-0.2, -0.15) is 9.90 Å². The van der Waals surface area contributed by atoms with Crippen LogP contribution >= 0.6 is 0 Å². The van der Waals surface area contributed by atoms with Gasteiger partial charge in [0.1, 0.15) is 5.69 Å². The maximum Gasteiger partial charge on any atom is 0.263 e. The third-order valence-electron chi connectivity index (χ3n) is 3.26. The highest BCUT2D eigenvalue weighted by atomic mass is 16.2. The first-order valence-corrected chi connectivity index (χ1v) is 7.61. The second kappa shape index (κ2) is 7.35. The first kappa shape index (κ1) is 16.3. The van der Waals surface area contributed by atoms with Crippen LogP contribution in [0.15, 0.2) is 49.1 Å². The Morgan fingerprint density at radius 3 is 2.64 bits per heavy atom. The van der Waals surface area contributed by atoms with E-state index in [4.69, 9.17) is 0 Å². The van der Waals surface area contributed by atoms with Gasteiger partial charge < -0.3 is 0 Å². The van der Waals surface area contributed by atoms with E-state index in [2.05, 4.69) is 37.1 Å². The predicted octanol–water partition coefficient (Wildman–Crippen LogP) is 1.97. The molecule has 0 saturated carbocycles. The van der Waals surface area contributed by atoms with Gasteiger partial charge in [-0.1, -0.05) is 17.2 Å². The molecule has 2 aromatic heterocycles. The predicted molar refractivity (Wildman–Crippen MR) is 94.1 cm³/mol. The Kier molecular flexibility index (Phi) is 4.79. The van der Waals surface area contributed by atoms with Crippen LogP contribution in [0, 0.1) is 13.8 Å². The third kappa shape index (κ3) is 4.47. The van der Waals surface area contributed by atoms with Crippen LogP contribution in [0.3, 0.4) is 0 Å². The Bertz CT molecular complexity index is 882. The van der Waals surface area contributed by atoms with Crippen LogP contribution in [0.2, 0.25) is 0 Å². The number of benzene rings is 1. The number of aryl methyl sites for hydroxylation is 2. The lowest BCUT2D eigenvalue weighted by molar-refractivity contribution is -0.116. The molecule has 1 aromatic carbocycles. The molecule has 0 aliphatic rings. The average molecular weight is 335 g/mol. The van der Waals surface area contributed by atoms with E-state index in [1.165, 1.54) is 29.5 Å². The molecule has 0 aliphatic heterocycles. The molecule has 0 atom stereocenters. The van der Waals surface area contributed by atoms with Crippen molar-refractivity contribution in [3.8, 4) is 11.3 Å². The largest absolute Gasteiger partial charge is 0.280 e. The molecule has 0 bridgehead atoms. The number of nitrogens with one attached hydrogen (secondary N) is 2. The lowest BCUT2D eigenvalue weighted by Crippen LogP contribution is -2.28. The smallest absolute Gasteiger partial charge is 0.263 e. The number of amides is 1. The maximum atomic E-state index is 11.8. The third-order valence-corrected chi connectivity index (χ3v) is 3.26. The van der Waals surface area contributed by atoms with Gasteiger partial charge in [0.15, 0.2) is 5.82 Å². The molecule has 2 heterocycles. The molecule has 2 N–H and O–H groups in total. The average Bonchev–Trinajstić information content (AvgIpc) is 3.07. The molecule has 3 aromatic rings. The maximum absolute atomic E-state index is 11.8. The minimum atomic E-state index is -0.365. The van der Waals surface area contributed by atoms with E-state index in [0.29, 0.717) is 5.82 Å². The van der Waals surface area contributed by atoms with Gasteiger partial charge in [-0.25, -0.2) is 4.98 Å². The highest BCUT2D eigenvalue weighted by molar-refractivity contribution is 5.90. The zero-order valence-corrected chi connectivity index (χ0v) is 13.8. The summed E-state index contributed by atoms with van der Waals surface area (Å²) in [5.41, 5.74) is 9.18. The summed E-state index contributed by atoms with van der Waals surface area (Å²) >= 11 is 0. The number of carbonyl (C=O) groups is 1. The van der Waals surface area contributed by atoms with Crippen molar-refractivity contribution >= 4 is 17.9 Å². The van der Waals surface area contributed by atoms with Crippen molar-refractivity contribution in [2.75, 3.05) is 5.43 Å². The van der Waals surface area contributed by atoms with Crippen molar-refractivity contribution in [2.24, 2.45) is 0 Å². The zero-order chi connectivity index (χ0) is 17.6. The molecule has 126 valence electrons. The van der Waals surface area contributed by atoms with Crippen molar-refractivity contribution < 1.29 is 4.79 Å². The molecule has 0 spiro atoms. The summed E-state index contributed by atoms with van der Waals surface area (Å²) in [5.74, 6) is 0.0782. The molecule has 8 heteroatoms. The quantitative estimate of drug-likeness (QED) is 0.546. The van der Waals surface area contributed by atoms with Gasteiger partial charge in [-0.3, -0.25) is 20.6 Å². The summed E-state index contributed by atoms with van der Waals surface area (Å²) in [6.07, 6.45) is 9.01. The Morgan fingerprint density at radius 2 is 1.92 bits per heavy atom. The van der Waals surface area contributed by atoms with Crippen LogP contribution in [0.5, 0.6) is 0 Å². The fourth-order valence-corrected chi connectivity index (χ4v) is 2.27. The summed E-state index contributed by atoms with van der Waals surface area (Å²) in [4.78, 5) is 21.0. The van der Waals surface area contributed by atoms with Crippen LogP contribution in [0.25, 0.3) is 17.5 Å². The highest BCUT2D eigenvalue weighted by Gasteiger charge is 2.04. The second-order valence-electron chi connectivity index (χ2n) is 5.45. The Morgan fingerprint density at radius 1 is 1.12 bits per heavy atom. The fraction of sp³-hybridized carbons (Fsp3) is 0.118. The molecule has 0 aliphatic carbocycles. The molecule has 0 radical (unpaired) electrons. The van der Waals surface area contributed by atoms with E-state index >= 15 is 0 Å². The first-order chi connectivity index (χ1) is 12.1. The van der Waals surface area contributed by atoms with Gasteiger partial charge in [0.25, 0.3) is 5.91 Å². The molecule has 25 heavy (non-hydrogen) atoms. The summed E-state index contributed by atoms with van der Waals surface area (Å²) < 4.78 is 0. The molecule has 1 amide bonds. The van der Waals surface area contributed by atoms with Crippen molar-refractivity contribution in [1.29, 1.82) is 0 Å². The lowest BCUT2D eigenvalue weighted by atomic mass is 10.1. The van der Waals surface area contributed by atoms with E-state index in [9.17, 15) is 4.79 Å². The van der Waals surface area contributed by atoms with Gasteiger partial charge in [-0.05, 0) is 26.0 Å². The van der Waals surface area contributed by atoms with Gasteiger partial charge in [-0.15, -0.1) is 5.10 Å². The lowest BCUT2D eigenvalue weighted by Gasteiger charge is -2.03. The van der Waals surface area contributed by atoms with Crippen LogP contribution in [-0.2, 0) is 4.79 Å². The second-order valence-corrected chi connectivity index (χ2v) is 5.45. The number of rotatable bonds is 5. The fourth-order valence-electron chi connectivity index (χ4n) is 2.27. The van der Waals surface area contributed by atoms with Crippen molar-refractivity contribution in [3.63, 3.8) is 0 Å². The molecule has 0 saturated heterocycles. The van der Waals surface area contributed by atoms with Gasteiger partial charge in [0.2, 0.25) is 0 Å². The molecule has 8 nitrogen and oxygen atoms in total. The number of hydrazine groups is 1. The topological polar surface area (TPSA) is 97.6 Å². The zero-order valence-electron chi connectivity index (χ0n) is 13.8. The monoisotopic (exact) mass is 335 g/mol. The Hall–Kier alpha value is -3.55. The molecule has 3 rings (SSSR count). The number of nitrogens with zero attached hydrogens (tertiary/aromatic N) is 5. The van der Waals surface area contributed by atoms with Crippen molar-refractivity contribution in [2.45, 2.75) is 13.8 Å². The van der Waals surface area contributed by atoms with Gasteiger partial charge in [0.05, 0.1) is 18.6 Å². The summed E-state index contributed by atoms with van der Waals surface area (Å²) in [6, 6.07) is 6.19. The van der Waals surface area contributed by atoms with Gasteiger partial charge >= 0.3 is 0 Å². The number of hydrogen-bond acceptors (Lipinski definition) is 6. The normalized spacial score (nSPS) is 10.8. The van der Waals surface area contributed by atoms with Crippen molar-refractivity contribution in [3.05, 3.63) is 60.2 Å². The number of aromatic nitrogens is 5. The van der Waals surface area contributed by atoms with Crippen molar-refractivity contribution in [1.82, 2.24) is 30.4 Å². The first-order valence-electron chi connectivity index (χ1n) is 7.61. The minimum absolute atomic E-state index is 0.365. The van der Waals surface area contributed by atoms with Crippen LogP contribution < -0.4 is 10.9 Å². The Labute approximate surface area is 144 Å². The van der Waals surface area contributed by atoms with Crippen LogP contribution in [0.4, 0.5) is 5.82 Å². The highest BCUT2D eigenvalue weighted by Crippen LogP contribution is 2.19. The standard InChI is InChI=1S/C17H17N7O/c1-12-7-13(2)9-14(8-12)15-10-20-24(23-15)6-3-17(25)22-21-16-11-18-4-5-19-16/h3-11H,1-2H3,(H,19,21)(H,22,25)/b6-3-. The number of carbonyl (C=O) groups excluding carboxylic acids is 1. The van der Waals surface area contributed by atoms with E-state index in [-0.39, 0.29) is 5.91 Å². The van der Waals surface area contributed by atoms with Gasteiger partial charge in [0, 0.05) is 24.0 Å². The molecule has 0 fully saturated rings. The Balaban J connectivity index is 1.62. The summed E-state index contributed by atoms with van der Waals surface area (Å²) in [6.45, 7) is 4.07. The van der Waals surface area contributed by atoms with E-state index in [0.717, 1.165) is 22.4 Å². The number of anilines is 1. The number of hydrogen-bond donors (Lipinski definition) is 2. The minimum Gasteiger partial charge on any atom is -0.280 e. The van der Waals surface area contributed by atoms with E-state index in [1.807, 2.05) is 26.0 Å². The van der Waals surface area contributed by atoms with E-state index in [1.54, 1.807) is 12.4 Å². The summed E-state index contributed by atoms with van der Waals surface area (Å²) in [7, 11) is 0. The van der Waals surface area contributed by atoms with E-state index < -0.39 is 0 Å². The SMILES string of the molecule is Cc1cc(C)cc(-c2cnn(/C=C\C(=O)NNc3cnccn3)n2)c1. The summed E-state index contributed by atoms with van der Waals surface area (Å²) in [5, 5.41) is 8.49.